The van der Waals surface area contributed by atoms with Crippen LogP contribution in [0.5, 0.6) is 11.5 Å². The first-order valence-corrected chi connectivity index (χ1v) is 8.33. The first-order chi connectivity index (χ1) is 14.3. The number of carbonyl (C=O) groups excluding carboxylic acids is 1. The minimum absolute atomic E-state index is 0.0165. The molecule has 150 valence electrons. The van der Waals surface area contributed by atoms with Crippen LogP contribution in [0, 0.1) is 23.0 Å². The second-order valence-corrected chi connectivity index (χ2v) is 6.11. The van der Waals surface area contributed by atoms with Crippen molar-refractivity contribution in [3.63, 3.8) is 0 Å². The summed E-state index contributed by atoms with van der Waals surface area (Å²) in [6.45, 7) is 0. The average Bonchev–Trinajstić information content (AvgIpc) is 3.00. The van der Waals surface area contributed by atoms with Gasteiger partial charge in [0.25, 0.3) is 5.91 Å². The van der Waals surface area contributed by atoms with Crippen molar-refractivity contribution in [2.45, 2.75) is 6.29 Å². The lowest BCUT2D eigenvalue weighted by Gasteiger charge is -2.09. The van der Waals surface area contributed by atoms with Crippen LogP contribution >= 0.6 is 0 Å². The van der Waals surface area contributed by atoms with Gasteiger partial charge < -0.3 is 14.8 Å². The van der Waals surface area contributed by atoms with Crippen molar-refractivity contribution in [2.75, 3.05) is 5.32 Å². The molecule has 6 nitrogen and oxygen atoms in total. The molecule has 0 saturated heterocycles. The van der Waals surface area contributed by atoms with E-state index in [1.807, 2.05) is 6.07 Å². The summed E-state index contributed by atoms with van der Waals surface area (Å²) in [5.74, 6) is -3.63. The molecule has 10 heteroatoms. The number of halogens is 4. The highest BCUT2D eigenvalue weighted by atomic mass is 19.3. The number of nitriles is 1. The minimum atomic E-state index is -3.83. The van der Waals surface area contributed by atoms with E-state index in [0.29, 0.717) is 5.56 Å². The molecule has 1 amide bonds. The maximum atomic E-state index is 13.7. The number of nitrogens with zero attached hydrogens (tertiary/aromatic N) is 2. The van der Waals surface area contributed by atoms with Gasteiger partial charge in [-0.15, -0.1) is 8.78 Å². The van der Waals surface area contributed by atoms with Gasteiger partial charge in [-0.05, 0) is 30.3 Å². The van der Waals surface area contributed by atoms with E-state index >= 15 is 0 Å². The number of hydrogen-bond donors (Lipinski definition) is 1. The Bertz CT molecular complexity index is 1190. The van der Waals surface area contributed by atoms with Gasteiger partial charge in [0.05, 0.1) is 11.6 Å². The predicted octanol–water partition coefficient (Wildman–Crippen LogP) is 4.47. The van der Waals surface area contributed by atoms with Crippen LogP contribution in [0.3, 0.4) is 0 Å². The zero-order valence-corrected chi connectivity index (χ0v) is 14.7. The molecule has 2 aromatic carbocycles. The smallest absolute Gasteiger partial charge is 0.395 e. The second kappa shape index (κ2) is 7.04. The second-order valence-electron chi connectivity index (χ2n) is 6.11. The monoisotopic (exact) mass is 415 g/mol. The van der Waals surface area contributed by atoms with Crippen molar-refractivity contribution >= 4 is 11.7 Å². The number of ether oxygens (including phenoxy) is 2. The number of hydrogen-bond acceptors (Lipinski definition) is 5. The fourth-order valence-corrected chi connectivity index (χ4v) is 2.85. The number of alkyl halides is 2. The van der Waals surface area contributed by atoms with Crippen LogP contribution in [0.25, 0.3) is 11.1 Å². The fraction of sp³-hybridized carbons (Fsp3) is 0.0500. The van der Waals surface area contributed by atoms with E-state index in [1.165, 1.54) is 24.4 Å². The summed E-state index contributed by atoms with van der Waals surface area (Å²) in [6, 6.07) is 9.98. The van der Waals surface area contributed by atoms with E-state index in [0.717, 1.165) is 24.3 Å². The summed E-state index contributed by atoms with van der Waals surface area (Å²) in [5, 5.41) is 11.6. The van der Waals surface area contributed by atoms with Gasteiger partial charge in [0, 0.05) is 23.4 Å². The summed E-state index contributed by atoms with van der Waals surface area (Å²) in [6.07, 6.45) is -2.58. The Balaban J connectivity index is 1.61. The first-order valence-electron chi connectivity index (χ1n) is 8.33. The molecular weight excluding hydrogens is 406 g/mol. The van der Waals surface area contributed by atoms with Gasteiger partial charge in [0.2, 0.25) is 0 Å². The van der Waals surface area contributed by atoms with E-state index in [-0.39, 0.29) is 28.4 Å². The Morgan fingerprint density at radius 3 is 2.33 bits per heavy atom. The SMILES string of the molecule is N#Cc1cc2c(cc1-c1ccc(NC(=O)c3c(F)cccc3F)nc1)OC(F)(F)O2. The van der Waals surface area contributed by atoms with E-state index in [9.17, 15) is 27.6 Å². The zero-order valence-electron chi connectivity index (χ0n) is 14.7. The number of amides is 1. The van der Waals surface area contributed by atoms with E-state index < -0.39 is 29.4 Å². The van der Waals surface area contributed by atoms with Crippen LogP contribution < -0.4 is 14.8 Å². The van der Waals surface area contributed by atoms with Gasteiger partial charge in [0.15, 0.2) is 11.5 Å². The van der Waals surface area contributed by atoms with Gasteiger partial charge in [0.1, 0.15) is 23.0 Å². The highest BCUT2D eigenvalue weighted by molar-refractivity contribution is 6.04. The van der Waals surface area contributed by atoms with Crippen LogP contribution in [-0.2, 0) is 0 Å². The average molecular weight is 415 g/mol. The van der Waals surface area contributed by atoms with Crippen LogP contribution in [-0.4, -0.2) is 17.2 Å². The molecule has 0 unspecified atom stereocenters. The van der Waals surface area contributed by atoms with Crippen LogP contribution in [0.15, 0.2) is 48.7 Å². The molecule has 30 heavy (non-hydrogen) atoms. The maximum absolute atomic E-state index is 13.7. The summed E-state index contributed by atoms with van der Waals surface area (Å²) < 4.78 is 62.6. The first kappa shape index (κ1) is 19.2. The molecule has 0 saturated carbocycles. The number of nitrogens with one attached hydrogen (secondary N) is 1. The minimum Gasteiger partial charge on any atom is -0.395 e. The molecule has 1 aliphatic heterocycles. The van der Waals surface area contributed by atoms with Crippen molar-refractivity contribution in [3.05, 3.63) is 71.4 Å². The molecule has 0 radical (unpaired) electrons. The van der Waals surface area contributed by atoms with Crippen LogP contribution in [0.1, 0.15) is 15.9 Å². The third kappa shape index (κ3) is 3.48. The molecular formula is C20H9F4N3O3. The van der Waals surface area contributed by atoms with Gasteiger partial charge >= 0.3 is 6.29 Å². The summed E-state index contributed by atoms with van der Waals surface area (Å²) in [5.41, 5.74) is -0.139. The topological polar surface area (TPSA) is 84.2 Å². The summed E-state index contributed by atoms with van der Waals surface area (Å²) >= 11 is 0. The molecule has 0 fully saturated rings. The van der Waals surface area contributed by atoms with Gasteiger partial charge in [-0.2, -0.15) is 5.26 Å². The number of rotatable bonds is 3. The largest absolute Gasteiger partial charge is 0.586 e. The third-order valence-electron chi connectivity index (χ3n) is 4.17. The zero-order chi connectivity index (χ0) is 21.5. The molecule has 2 heterocycles. The number of carbonyl (C=O) groups is 1. The molecule has 0 aliphatic carbocycles. The van der Waals surface area contributed by atoms with Crippen molar-refractivity contribution < 1.29 is 31.8 Å². The predicted molar refractivity (Wildman–Crippen MR) is 94.9 cm³/mol. The van der Waals surface area contributed by atoms with Crippen molar-refractivity contribution in [1.29, 1.82) is 5.26 Å². The van der Waals surface area contributed by atoms with Crippen LogP contribution in [0.4, 0.5) is 23.4 Å². The Hall–Kier alpha value is -4.13. The van der Waals surface area contributed by atoms with Crippen molar-refractivity contribution in [1.82, 2.24) is 4.98 Å². The van der Waals surface area contributed by atoms with E-state index in [2.05, 4.69) is 19.8 Å². The van der Waals surface area contributed by atoms with E-state index in [1.54, 1.807) is 0 Å². The molecule has 0 bridgehead atoms. The highest BCUT2D eigenvalue weighted by Crippen LogP contribution is 2.44. The number of pyridine rings is 1. The van der Waals surface area contributed by atoms with E-state index in [4.69, 9.17) is 0 Å². The summed E-state index contributed by atoms with van der Waals surface area (Å²) in [7, 11) is 0. The molecule has 0 atom stereocenters. The van der Waals surface area contributed by atoms with Crippen molar-refractivity contribution in [3.8, 4) is 28.7 Å². The molecule has 0 spiro atoms. The third-order valence-corrected chi connectivity index (χ3v) is 4.17. The Labute approximate surface area is 166 Å². The Kier molecular flexibility index (Phi) is 4.50. The maximum Gasteiger partial charge on any atom is 0.586 e. The molecule has 1 aliphatic rings. The number of benzene rings is 2. The Morgan fingerprint density at radius 2 is 1.73 bits per heavy atom. The van der Waals surface area contributed by atoms with Gasteiger partial charge in [-0.1, -0.05) is 6.07 Å². The lowest BCUT2D eigenvalue weighted by molar-refractivity contribution is -0.286. The van der Waals surface area contributed by atoms with Crippen molar-refractivity contribution in [2.24, 2.45) is 0 Å². The lowest BCUT2D eigenvalue weighted by Crippen LogP contribution is -2.25. The highest BCUT2D eigenvalue weighted by Gasteiger charge is 2.44. The number of anilines is 1. The molecule has 1 aromatic heterocycles. The Morgan fingerprint density at radius 1 is 1.07 bits per heavy atom. The van der Waals surface area contributed by atoms with Gasteiger partial charge in [-0.25, -0.2) is 13.8 Å². The standard InChI is InChI=1S/C20H9F4N3O3/c21-13-2-1-3-14(22)18(13)19(28)27-17-5-4-10(9-26-17)12-7-16-15(6-11(12)8-25)29-20(23,24)30-16/h1-7,9H,(H,26,27,28). The van der Waals surface area contributed by atoms with Crippen LogP contribution in [0.2, 0.25) is 0 Å². The number of aromatic nitrogens is 1. The lowest BCUT2D eigenvalue weighted by atomic mass is 10.0. The number of fused-ring (bicyclic) bond motifs is 1. The molecule has 1 N–H and O–H groups in total. The quantitative estimate of drug-likeness (QED) is 0.638. The summed E-state index contributed by atoms with van der Waals surface area (Å²) in [4.78, 5) is 16.1. The fourth-order valence-electron chi connectivity index (χ4n) is 2.85. The molecule has 4 rings (SSSR count). The normalized spacial score (nSPS) is 13.6. The molecule has 3 aromatic rings. The van der Waals surface area contributed by atoms with Gasteiger partial charge in [-0.3, -0.25) is 4.79 Å².